The number of carbonyl (C=O) groups is 2. The van der Waals surface area contributed by atoms with Crippen LogP contribution in [-0.2, 0) is 4.79 Å². The van der Waals surface area contributed by atoms with Crippen LogP contribution in [0.15, 0.2) is 29.2 Å². The number of benzene rings is 1. The number of likely N-dealkylation sites (N-methyl/N-ethyl adjacent to an activating group) is 1. The molecule has 92 valence electrons. The fourth-order valence-electron chi connectivity index (χ4n) is 1.42. The summed E-state index contributed by atoms with van der Waals surface area (Å²) in [6.45, 7) is 0. The first kappa shape index (κ1) is 12.8. The lowest BCUT2D eigenvalue weighted by atomic mass is 10.1. The van der Waals surface area contributed by atoms with Gasteiger partial charge in [0.15, 0.2) is 0 Å². The molecule has 18 heavy (non-hydrogen) atoms. The van der Waals surface area contributed by atoms with E-state index in [1.165, 1.54) is 28.8 Å². The molecule has 4 nitrogen and oxygen atoms in total. The number of aromatic carboxylic acids is 1. The van der Waals surface area contributed by atoms with Crippen molar-refractivity contribution < 1.29 is 14.7 Å². The predicted octanol–water partition coefficient (Wildman–Crippen LogP) is 2.22. The Kier molecular flexibility index (Phi) is 3.49. The summed E-state index contributed by atoms with van der Waals surface area (Å²) in [6.07, 6.45) is 1.70. The van der Waals surface area contributed by atoms with Gasteiger partial charge in [0.25, 0.3) is 5.91 Å². The van der Waals surface area contributed by atoms with Crippen molar-refractivity contribution in [2.75, 3.05) is 7.05 Å². The van der Waals surface area contributed by atoms with Crippen LogP contribution < -0.4 is 0 Å². The van der Waals surface area contributed by atoms with Gasteiger partial charge in [-0.05, 0) is 23.8 Å². The van der Waals surface area contributed by atoms with E-state index in [0.717, 1.165) is 5.56 Å². The molecule has 1 aliphatic heterocycles. The summed E-state index contributed by atoms with van der Waals surface area (Å²) in [5.41, 5.74) is 0.990. The molecule has 0 radical (unpaired) electrons. The van der Waals surface area contributed by atoms with Gasteiger partial charge in [0.2, 0.25) is 0 Å². The van der Waals surface area contributed by atoms with E-state index in [2.05, 4.69) is 0 Å². The smallest absolute Gasteiger partial charge is 0.335 e. The Morgan fingerprint density at radius 2 is 2.00 bits per heavy atom. The van der Waals surface area contributed by atoms with E-state index < -0.39 is 5.97 Å². The molecule has 0 aromatic heterocycles. The fraction of sp³-hybridized carbons (Fsp3) is 0.0833. The number of carboxylic acids is 1. The summed E-state index contributed by atoms with van der Waals surface area (Å²) < 4.78 is 0.522. The first-order chi connectivity index (χ1) is 8.49. The lowest BCUT2D eigenvalue weighted by Crippen LogP contribution is -2.22. The third-order valence-corrected chi connectivity index (χ3v) is 3.93. The number of carbonyl (C=O) groups excluding carboxylic acids is 1. The second-order valence-corrected chi connectivity index (χ2v) is 5.34. The van der Waals surface area contributed by atoms with Crippen molar-refractivity contribution >= 4 is 46.3 Å². The van der Waals surface area contributed by atoms with E-state index in [-0.39, 0.29) is 11.5 Å². The Bertz CT molecular complexity index is 563. The summed E-state index contributed by atoms with van der Waals surface area (Å²) in [6, 6.07) is 6.32. The number of amides is 1. The largest absolute Gasteiger partial charge is 0.478 e. The first-order valence-electron chi connectivity index (χ1n) is 5.04. The van der Waals surface area contributed by atoms with Gasteiger partial charge >= 0.3 is 5.97 Å². The molecule has 1 N–H and O–H groups in total. The molecule has 2 rings (SSSR count). The summed E-state index contributed by atoms with van der Waals surface area (Å²) in [5.74, 6) is -1.10. The van der Waals surface area contributed by atoms with Crippen LogP contribution in [-0.4, -0.2) is 33.3 Å². The van der Waals surface area contributed by atoms with Gasteiger partial charge < -0.3 is 5.11 Å². The van der Waals surface area contributed by atoms with Crippen LogP contribution in [0.3, 0.4) is 0 Å². The minimum Gasteiger partial charge on any atom is -0.478 e. The van der Waals surface area contributed by atoms with Crippen molar-refractivity contribution in [2.24, 2.45) is 0 Å². The van der Waals surface area contributed by atoms with Crippen molar-refractivity contribution in [2.45, 2.75) is 0 Å². The lowest BCUT2D eigenvalue weighted by molar-refractivity contribution is -0.121. The number of rotatable bonds is 2. The Hall–Kier alpha value is -1.66. The Morgan fingerprint density at radius 3 is 2.44 bits per heavy atom. The zero-order valence-corrected chi connectivity index (χ0v) is 11.0. The van der Waals surface area contributed by atoms with Crippen LogP contribution in [0.2, 0.25) is 0 Å². The van der Waals surface area contributed by atoms with Crippen LogP contribution in [0.5, 0.6) is 0 Å². The van der Waals surface area contributed by atoms with Crippen LogP contribution in [0, 0.1) is 0 Å². The van der Waals surface area contributed by atoms with Crippen LogP contribution >= 0.6 is 24.0 Å². The lowest BCUT2D eigenvalue weighted by Gasteiger charge is -2.03. The number of hydrogen-bond acceptors (Lipinski definition) is 4. The van der Waals surface area contributed by atoms with Crippen molar-refractivity contribution in [1.82, 2.24) is 4.90 Å². The van der Waals surface area contributed by atoms with Gasteiger partial charge in [-0.25, -0.2) is 4.79 Å². The minimum absolute atomic E-state index is 0.132. The normalized spacial score (nSPS) is 17.6. The summed E-state index contributed by atoms with van der Waals surface area (Å²) in [4.78, 5) is 24.4. The standard InChI is InChI=1S/C12H9NO3S2/c1-13-10(14)9(18-12(13)17)6-7-2-4-8(5-3-7)11(15)16/h2-6H,1H3,(H,15,16)/b9-6-. The quantitative estimate of drug-likeness (QED) is 0.664. The van der Waals surface area contributed by atoms with Gasteiger partial charge in [0.1, 0.15) is 4.32 Å². The monoisotopic (exact) mass is 279 g/mol. The predicted molar refractivity (Wildman–Crippen MR) is 74.3 cm³/mol. The number of thioether (sulfide) groups is 1. The average molecular weight is 279 g/mol. The Labute approximate surface area is 113 Å². The molecule has 1 heterocycles. The van der Waals surface area contributed by atoms with Crippen molar-refractivity contribution in [3.05, 3.63) is 40.3 Å². The number of thiocarbonyl (C=S) groups is 1. The molecular weight excluding hydrogens is 270 g/mol. The highest BCUT2D eigenvalue weighted by atomic mass is 32.2. The molecule has 6 heteroatoms. The van der Waals surface area contributed by atoms with Crippen LogP contribution in [0.25, 0.3) is 6.08 Å². The van der Waals surface area contributed by atoms with Gasteiger partial charge in [0, 0.05) is 7.05 Å². The van der Waals surface area contributed by atoms with Crippen LogP contribution in [0.4, 0.5) is 0 Å². The zero-order valence-electron chi connectivity index (χ0n) is 9.41. The van der Waals surface area contributed by atoms with Gasteiger partial charge in [0.05, 0.1) is 10.5 Å². The van der Waals surface area contributed by atoms with Gasteiger partial charge in [-0.1, -0.05) is 36.1 Å². The van der Waals surface area contributed by atoms with Gasteiger partial charge in [-0.3, -0.25) is 9.69 Å². The highest BCUT2D eigenvalue weighted by molar-refractivity contribution is 8.26. The first-order valence-corrected chi connectivity index (χ1v) is 6.26. The minimum atomic E-state index is -0.971. The second kappa shape index (κ2) is 4.91. The number of nitrogens with zero attached hydrogens (tertiary/aromatic N) is 1. The second-order valence-electron chi connectivity index (χ2n) is 3.67. The third kappa shape index (κ3) is 2.44. The molecular formula is C12H9NO3S2. The third-order valence-electron chi connectivity index (χ3n) is 2.44. The molecule has 1 aromatic carbocycles. The van der Waals surface area contributed by atoms with Crippen LogP contribution in [0.1, 0.15) is 15.9 Å². The zero-order chi connectivity index (χ0) is 13.3. The van der Waals surface area contributed by atoms with Crippen molar-refractivity contribution in [3.8, 4) is 0 Å². The van der Waals surface area contributed by atoms with E-state index in [1.807, 2.05) is 0 Å². The molecule has 1 saturated heterocycles. The summed E-state index contributed by atoms with van der Waals surface area (Å²) >= 11 is 6.26. The average Bonchev–Trinajstić information content (AvgIpc) is 2.58. The van der Waals surface area contributed by atoms with Crippen molar-refractivity contribution in [1.29, 1.82) is 0 Å². The molecule has 0 aliphatic carbocycles. The van der Waals surface area contributed by atoms with E-state index in [1.54, 1.807) is 25.3 Å². The molecule has 0 atom stereocenters. The molecule has 1 amide bonds. The molecule has 1 aromatic rings. The van der Waals surface area contributed by atoms with E-state index >= 15 is 0 Å². The van der Waals surface area contributed by atoms with E-state index in [4.69, 9.17) is 17.3 Å². The van der Waals surface area contributed by atoms with Gasteiger partial charge in [-0.15, -0.1) is 0 Å². The Balaban J connectivity index is 2.26. The molecule has 0 saturated carbocycles. The number of hydrogen-bond donors (Lipinski definition) is 1. The molecule has 1 aliphatic rings. The molecule has 0 spiro atoms. The summed E-state index contributed by atoms with van der Waals surface area (Å²) in [7, 11) is 1.63. The van der Waals surface area contributed by atoms with E-state index in [9.17, 15) is 9.59 Å². The number of carboxylic acid groups (broad SMARTS) is 1. The van der Waals surface area contributed by atoms with Gasteiger partial charge in [-0.2, -0.15) is 0 Å². The summed E-state index contributed by atoms with van der Waals surface area (Å²) in [5, 5.41) is 8.77. The SMILES string of the molecule is CN1C(=O)/C(=C/c2ccc(C(=O)O)cc2)SC1=S. The fourth-order valence-corrected chi connectivity index (χ4v) is 2.60. The maximum atomic E-state index is 11.8. The molecule has 0 unspecified atom stereocenters. The van der Waals surface area contributed by atoms with E-state index in [0.29, 0.717) is 9.23 Å². The highest BCUT2D eigenvalue weighted by Crippen LogP contribution is 2.31. The Morgan fingerprint density at radius 1 is 1.39 bits per heavy atom. The maximum Gasteiger partial charge on any atom is 0.335 e. The molecule has 1 fully saturated rings. The topological polar surface area (TPSA) is 57.6 Å². The van der Waals surface area contributed by atoms with Crippen molar-refractivity contribution in [3.63, 3.8) is 0 Å². The highest BCUT2D eigenvalue weighted by Gasteiger charge is 2.28. The molecule has 0 bridgehead atoms. The maximum absolute atomic E-state index is 11.8.